The lowest BCUT2D eigenvalue weighted by Crippen LogP contribution is -2.44. The zero-order chi connectivity index (χ0) is 52.6. The Hall–Kier alpha value is -6.81. The Morgan fingerprint density at radius 1 is 0.600 bits per heavy atom. The van der Waals surface area contributed by atoms with Crippen molar-refractivity contribution in [1.82, 2.24) is 21.3 Å². The summed E-state index contributed by atoms with van der Waals surface area (Å²) in [4.78, 5) is 83.2. The van der Waals surface area contributed by atoms with E-state index in [1.54, 1.807) is 6.92 Å². The van der Waals surface area contributed by atoms with Crippen molar-refractivity contribution >= 4 is 41.7 Å². The van der Waals surface area contributed by atoms with Crippen LogP contribution in [0.2, 0.25) is 0 Å². The van der Waals surface area contributed by atoms with E-state index >= 15 is 0 Å². The van der Waals surface area contributed by atoms with Gasteiger partial charge in [0.1, 0.15) is 25.3 Å². The van der Waals surface area contributed by atoms with Gasteiger partial charge in [0.15, 0.2) is 11.9 Å². The number of esters is 2. The third-order valence-corrected chi connectivity index (χ3v) is 11.5. The zero-order valence-electron chi connectivity index (χ0n) is 42.4. The van der Waals surface area contributed by atoms with E-state index in [-0.39, 0.29) is 51.0 Å². The minimum atomic E-state index is -1.01. The summed E-state index contributed by atoms with van der Waals surface area (Å²) in [6, 6.07) is -1.24. The first-order valence-electron chi connectivity index (χ1n) is 23.4. The van der Waals surface area contributed by atoms with Gasteiger partial charge >= 0.3 is 35.9 Å². The number of ketones is 1. The number of hydrogen-bond acceptors (Lipinski definition) is 10. The van der Waals surface area contributed by atoms with Crippen molar-refractivity contribution in [3.63, 3.8) is 0 Å². The van der Waals surface area contributed by atoms with Crippen LogP contribution in [-0.4, -0.2) is 102 Å². The molecule has 0 saturated carbocycles. The number of urea groups is 2. The van der Waals surface area contributed by atoms with Crippen molar-refractivity contribution in [1.29, 1.82) is 0 Å². The molecule has 0 fully saturated rings. The number of rotatable bonds is 24. The van der Waals surface area contributed by atoms with Crippen LogP contribution in [0.15, 0.2) is 130 Å². The highest BCUT2D eigenvalue weighted by Gasteiger charge is 2.41. The molecule has 16 heteroatoms. The third-order valence-electron chi connectivity index (χ3n) is 11.5. The maximum absolute atomic E-state index is 13.2. The Morgan fingerprint density at radius 2 is 1.01 bits per heavy atom. The molecule has 2 rings (SSSR count). The predicted molar refractivity (Wildman–Crippen MR) is 270 cm³/mol. The fourth-order valence-corrected chi connectivity index (χ4v) is 7.65. The quantitative estimate of drug-likeness (QED) is 0.0275. The summed E-state index contributed by atoms with van der Waals surface area (Å²) in [7, 11) is 0. The van der Waals surface area contributed by atoms with E-state index in [9.17, 15) is 38.7 Å². The molecule has 0 bridgehead atoms. The first kappa shape index (κ1) is 59.3. The number of nitrogens with one attached hydrogen (secondary N) is 4. The van der Waals surface area contributed by atoms with Crippen molar-refractivity contribution in [2.45, 2.75) is 126 Å². The van der Waals surface area contributed by atoms with E-state index in [1.165, 1.54) is 0 Å². The summed E-state index contributed by atoms with van der Waals surface area (Å²) in [5.74, 6) is -3.65. The van der Waals surface area contributed by atoms with Gasteiger partial charge in [-0.05, 0) is 93.9 Å². The van der Waals surface area contributed by atoms with Gasteiger partial charge in [-0.3, -0.25) is 24.0 Å². The Bertz CT molecular complexity index is 2280. The molecule has 0 aromatic carbocycles. The lowest BCUT2D eigenvalue weighted by molar-refractivity contribution is -0.155. The fraction of sp³-hybridized carbons (Fsp3) is 0.463. The summed E-state index contributed by atoms with van der Waals surface area (Å²) in [6.07, 6.45) is 25.9. The minimum Gasteiger partial charge on any atom is -0.481 e. The normalized spacial score (nSPS) is 20.2. The van der Waals surface area contributed by atoms with Crippen molar-refractivity contribution in [2.24, 2.45) is 10.8 Å². The Balaban J connectivity index is 1.91. The highest BCUT2D eigenvalue weighted by Crippen LogP contribution is 2.43. The number of Topliss-reactive ketones (excluding diaryl/α,β-unsaturated/α-hetero) is 1. The van der Waals surface area contributed by atoms with Crippen LogP contribution in [-0.2, 0) is 33.4 Å². The van der Waals surface area contributed by atoms with E-state index in [0.717, 1.165) is 33.4 Å². The second kappa shape index (κ2) is 29.3. The molecule has 0 radical (unpaired) electrons. The number of allylic oxidation sites excluding steroid dienone is 20. The fourth-order valence-electron chi connectivity index (χ4n) is 7.65. The summed E-state index contributed by atoms with van der Waals surface area (Å²) < 4.78 is 11.0. The number of aliphatic hydroxyl groups excluding tert-OH is 1. The van der Waals surface area contributed by atoms with Gasteiger partial charge in [0.2, 0.25) is 0 Å². The maximum atomic E-state index is 13.2. The number of aliphatic hydroxyl groups is 1. The molecule has 16 nitrogen and oxygen atoms in total. The molecule has 0 spiro atoms. The van der Waals surface area contributed by atoms with Gasteiger partial charge in [0.25, 0.3) is 0 Å². The monoisotopic (exact) mass is 971 g/mol. The first-order valence-corrected chi connectivity index (χ1v) is 23.4. The highest BCUT2D eigenvalue weighted by molar-refractivity contribution is 6.02. The molecule has 382 valence electrons. The summed E-state index contributed by atoms with van der Waals surface area (Å²) in [6.45, 7) is 19.0. The number of carbonyl (C=O) groups is 7. The second-order valence-electron chi connectivity index (χ2n) is 18.8. The molecule has 70 heavy (non-hydrogen) atoms. The van der Waals surface area contributed by atoms with Crippen LogP contribution in [0.25, 0.3) is 0 Å². The van der Waals surface area contributed by atoms with Crippen LogP contribution in [0.4, 0.5) is 9.59 Å². The molecule has 0 aromatic rings. The Kier molecular flexibility index (Phi) is 24.8. The van der Waals surface area contributed by atoms with E-state index < -0.39 is 78.2 Å². The SMILES string of the molecule is CC1=C(/C=C/C(C)=C/C=C/C(C)=C/C=C/C=C(C)/C=C/C=C(C)/C=C/C2=C(C)[C@H](O)[C@@H](OC(=O)CNC(=O)NCCCC(=O)O)CC2(C)C)C(C)(C)C[C@H](OC(=O)CNC(=O)NCCCC(=O)O)C1=O. The molecule has 2 aliphatic rings. The molecule has 0 heterocycles. The summed E-state index contributed by atoms with van der Waals surface area (Å²) in [5, 5.41) is 38.1. The first-order chi connectivity index (χ1) is 32.8. The molecular weight excluding hydrogens is 897 g/mol. The van der Waals surface area contributed by atoms with Crippen LogP contribution >= 0.6 is 0 Å². The van der Waals surface area contributed by atoms with Gasteiger partial charge in [-0.15, -0.1) is 0 Å². The lowest BCUT2D eigenvalue weighted by atomic mass is 9.70. The van der Waals surface area contributed by atoms with E-state index in [1.807, 2.05) is 147 Å². The van der Waals surface area contributed by atoms with Crippen LogP contribution in [0.3, 0.4) is 0 Å². The van der Waals surface area contributed by atoms with Gasteiger partial charge in [-0.1, -0.05) is 135 Å². The summed E-state index contributed by atoms with van der Waals surface area (Å²) >= 11 is 0. The number of amides is 4. The number of carboxylic acid groups (broad SMARTS) is 2. The highest BCUT2D eigenvalue weighted by atomic mass is 16.6. The van der Waals surface area contributed by atoms with Crippen LogP contribution in [0, 0.1) is 10.8 Å². The van der Waals surface area contributed by atoms with Crippen molar-refractivity contribution < 1.29 is 58.4 Å². The maximum Gasteiger partial charge on any atom is 0.326 e. The van der Waals surface area contributed by atoms with Gasteiger partial charge < -0.3 is 46.1 Å². The van der Waals surface area contributed by atoms with Gasteiger partial charge in [-0.2, -0.15) is 0 Å². The number of carbonyl (C=O) groups excluding carboxylic acids is 5. The van der Waals surface area contributed by atoms with Crippen molar-refractivity contribution in [3.05, 3.63) is 130 Å². The van der Waals surface area contributed by atoms with Crippen LogP contribution < -0.4 is 21.3 Å². The zero-order valence-corrected chi connectivity index (χ0v) is 42.4. The van der Waals surface area contributed by atoms with Crippen molar-refractivity contribution in [2.75, 3.05) is 26.2 Å². The number of aliphatic carboxylic acids is 2. The topological polar surface area (TPSA) is 247 Å². The Morgan fingerprint density at radius 3 is 1.49 bits per heavy atom. The van der Waals surface area contributed by atoms with Crippen LogP contribution in [0.1, 0.15) is 108 Å². The molecule has 2 aliphatic carbocycles. The van der Waals surface area contributed by atoms with E-state index in [0.29, 0.717) is 17.6 Å². The average Bonchev–Trinajstić information content (AvgIpc) is 3.27. The molecule has 0 aliphatic heterocycles. The summed E-state index contributed by atoms with van der Waals surface area (Å²) in [5.41, 5.74) is 6.16. The minimum absolute atomic E-state index is 0.0782. The number of hydrogen-bond donors (Lipinski definition) is 7. The van der Waals surface area contributed by atoms with E-state index in [2.05, 4.69) is 21.3 Å². The van der Waals surface area contributed by atoms with E-state index in [4.69, 9.17) is 19.7 Å². The molecule has 4 amide bonds. The molecule has 3 atom stereocenters. The predicted octanol–water partition coefficient (Wildman–Crippen LogP) is 8.13. The molecule has 0 saturated heterocycles. The Labute approximate surface area is 412 Å². The van der Waals surface area contributed by atoms with Gasteiger partial charge in [0, 0.05) is 32.4 Å². The average molecular weight is 971 g/mol. The van der Waals surface area contributed by atoms with Crippen molar-refractivity contribution in [3.8, 4) is 0 Å². The number of ether oxygens (including phenoxy) is 2. The molecule has 7 N–H and O–H groups in total. The smallest absolute Gasteiger partial charge is 0.326 e. The third kappa shape index (κ3) is 22.1. The standard InChI is InChI=1S/C54H74N4O12/c1-35(19-13-21-37(3)25-27-41-39(5)49(65)43(31-53(41,7)8)69-47(63)33-57-51(67)55-29-15-23-45(59)60)17-11-12-18-36(2)20-14-22-38(4)26-28-42-40(6)50(66)44(32-54(42,9)10)70-48(64)34-58-52(68)56-30-16-24-46(61)62/h11-14,17-22,25-28,43-44,49,65H,15-16,23-24,29-34H2,1-10H3,(H,59,60)(H,61,62)(H2,55,57,67)(H2,56,58,68)/b12-11+,19-13+,20-14+,27-25+,28-26+,35-17+,36-18+,37-21+,38-22+/t43-,44-,49-/m0/s1. The largest absolute Gasteiger partial charge is 0.481 e. The molecule has 0 aromatic heterocycles. The lowest BCUT2D eigenvalue weighted by Gasteiger charge is -2.40. The number of carboxylic acids is 2. The van der Waals surface area contributed by atoms with Gasteiger partial charge in [-0.25, -0.2) is 9.59 Å². The van der Waals surface area contributed by atoms with Crippen LogP contribution in [0.5, 0.6) is 0 Å². The second-order valence-corrected chi connectivity index (χ2v) is 18.8. The van der Waals surface area contributed by atoms with Gasteiger partial charge in [0.05, 0.1) is 0 Å². The molecule has 0 unspecified atom stereocenters. The molecular formula is C54H74N4O12.